The van der Waals surface area contributed by atoms with Crippen LogP contribution in [0.4, 0.5) is 5.82 Å². The lowest BCUT2D eigenvalue weighted by molar-refractivity contribution is -0.122. The van der Waals surface area contributed by atoms with Gasteiger partial charge in [-0.25, -0.2) is 13.4 Å². The number of rotatable bonds is 4. The summed E-state index contributed by atoms with van der Waals surface area (Å²) >= 11 is 0. The molecule has 8 heteroatoms. The second-order valence-corrected chi connectivity index (χ2v) is 8.44. The van der Waals surface area contributed by atoms with E-state index in [-0.39, 0.29) is 16.7 Å². The minimum Gasteiger partial charge on any atom is -0.369 e. The first-order chi connectivity index (χ1) is 11.5. The molecule has 1 amide bonds. The second-order valence-electron chi connectivity index (χ2n) is 6.50. The Morgan fingerprint density at radius 2 is 1.88 bits per heavy atom. The van der Waals surface area contributed by atoms with E-state index in [1.807, 2.05) is 4.90 Å². The van der Waals surface area contributed by atoms with Crippen molar-refractivity contribution < 1.29 is 13.2 Å². The monoisotopic (exact) mass is 352 g/mol. The van der Waals surface area contributed by atoms with Gasteiger partial charge in [0, 0.05) is 32.4 Å². The molecule has 3 rings (SSSR count). The van der Waals surface area contributed by atoms with Gasteiger partial charge in [0.2, 0.25) is 15.9 Å². The van der Waals surface area contributed by atoms with Gasteiger partial charge >= 0.3 is 0 Å². The van der Waals surface area contributed by atoms with Gasteiger partial charge in [-0.2, -0.15) is 4.31 Å². The van der Waals surface area contributed by atoms with Crippen LogP contribution in [0.3, 0.4) is 0 Å². The third kappa shape index (κ3) is 3.54. The van der Waals surface area contributed by atoms with Crippen LogP contribution in [0.15, 0.2) is 23.2 Å². The summed E-state index contributed by atoms with van der Waals surface area (Å²) in [7, 11) is -3.46. The molecular formula is C16H24N4O3S. The molecule has 0 saturated carbocycles. The van der Waals surface area contributed by atoms with E-state index < -0.39 is 10.0 Å². The Hall–Kier alpha value is -1.67. The largest absolute Gasteiger partial charge is 0.369 e. The van der Waals surface area contributed by atoms with Crippen LogP contribution in [0.2, 0.25) is 0 Å². The lowest BCUT2D eigenvalue weighted by Crippen LogP contribution is -2.41. The van der Waals surface area contributed by atoms with E-state index in [1.165, 1.54) is 10.5 Å². The average Bonchev–Trinajstić information content (AvgIpc) is 2.62. The fourth-order valence-electron chi connectivity index (χ4n) is 3.38. The summed E-state index contributed by atoms with van der Waals surface area (Å²) in [5, 5.41) is 0. The third-order valence-corrected chi connectivity index (χ3v) is 6.70. The minimum absolute atomic E-state index is 0.169. The average molecular weight is 352 g/mol. The van der Waals surface area contributed by atoms with Crippen molar-refractivity contribution >= 4 is 21.7 Å². The molecule has 132 valence electrons. The van der Waals surface area contributed by atoms with Crippen molar-refractivity contribution in [2.75, 3.05) is 31.1 Å². The topological polar surface area (TPSA) is 96.6 Å². The smallest absolute Gasteiger partial charge is 0.244 e. The number of carbonyl (C=O) groups excluding carboxylic acids is 1. The van der Waals surface area contributed by atoms with Crippen LogP contribution in [0.1, 0.15) is 32.1 Å². The first-order valence-corrected chi connectivity index (χ1v) is 9.93. The Kier molecular flexibility index (Phi) is 5.05. The van der Waals surface area contributed by atoms with Gasteiger partial charge in [0.15, 0.2) is 0 Å². The molecule has 1 aromatic heterocycles. The number of carbonyl (C=O) groups is 1. The van der Waals surface area contributed by atoms with Crippen molar-refractivity contribution in [1.29, 1.82) is 0 Å². The van der Waals surface area contributed by atoms with Gasteiger partial charge in [-0.1, -0.05) is 6.42 Å². The number of primary amides is 1. The SMILES string of the molecule is NC(=O)[C@H]1CCCN(c2ccc(S(=O)(=O)N3CCCCC3)cn2)C1. The molecule has 2 N–H and O–H groups in total. The molecule has 0 aliphatic carbocycles. The van der Waals surface area contributed by atoms with Gasteiger partial charge < -0.3 is 10.6 Å². The zero-order chi connectivity index (χ0) is 17.2. The molecule has 1 atom stereocenters. The Morgan fingerprint density at radius 3 is 2.50 bits per heavy atom. The van der Waals surface area contributed by atoms with Crippen LogP contribution >= 0.6 is 0 Å². The fraction of sp³-hybridized carbons (Fsp3) is 0.625. The molecule has 0 unspecified atom stereocenters. The van der Waals surface area contributed by atoms with E-state index in [2.05, 4.69) is 4.98 Å². The number of sulfonamides is 1. The Labute approximate surface area is 142 Å². The van der Waals surface area contributed by atoms with Crippen LogP contribution in [-0.2, 0) is 14.8 Å². The van der Waals surface area contributed by atoms with E-state index in [0.29, 0.717) is 25.5 Å². The maximum atomic E-state index is 12.6. The van der Waals surface area contributed by atoms with Gasteiger partial charge in [-0.15, -0.1) is 0 Å². The minimum atomic E-state index is -3.46. The highest BCUT2D eigenvalue weighted by Crippen LogP contribution is 2.24. The zero-order valence-electron chi connectivity index (χ0n) is 13.7. The van der Waals surface area contributed by atoms with E-state index in [9.17, 15) is 13.2 Å². The number of aromatic nitrogens is 1. The van der Waals surface area contributed by atoms with Crippen LogP contribution in [0.5, 0.6) is 0 Å². The molecule has 1 aromatic rings. The molecule has 2 saturated heterocycles. The summed E-state index contributed by atoms with van der Waals surface area (Å²) in [5.41, 5.74) is 5.40. The number of hydrogen-bond acceptors (Lipinski definition) is 5. The van der Waals surface area contributed by atoms with E-state index in [0.717, 1.165) is 38.6 Å². The molecule has 2 fully saturated rings. The number of hydrogen-bond donors (Lipinski definition) is 1. The Bertz CT molecular complexity index is 684. The number of amides is 1. The molecule has 0 aromatic carbocycles. The van der Waals surface area contributed by atoms with E-state index in [1.54, 1.807) is 12.1 Å². The Morgan fingerprint density at radius 1 is 1.12 bits per heavy atom. The van der Waals surface area contributed by atoms with Crippen molar-refractivity contribution in [1.82, 2.24) is 9.29 Å². The van der Waals surface area contributed by atoms with Gasteiger partial charge in [0.1, 0.15) is 10.7 Å². The van der Waals surface area contributed by atoms with Crippen molar-refractivity contribution in [3.8, 4) is 0 Å². The standard InChI is InChI=1S/C16H24N4O3S/c17-16(21)13-5-4-8-19(12-13)15-7-6-14(11-18-15)24(22,23)20-9-2-1-3-10-20/h6-7,11,13H,1-5,8-10,12H2,(H2,17,21)/t13-/m0/s1. The van der Waals surface area contributed by atoms with Gasteiger partial charge in [-0.3, -0.25) is 4.79 Å². The third-order valence-electron chi connectivity index (χ3n) is 4.82. The first kappa shape index (κ1) is 17.2. The van der Waals surface area contributed by atoms with E-state index >= 15 is 0 Å². The van der Waals surface area contributed by atoms with Crippen molar-refractivity contribution in [3.63, 3.8) is 0 Å². The molecular weight excluding hydrogens is 328 g/mol. The fourth-order valence-corrected chi connectivity index (χ4v) is 4.85. The number of nitrogens with two attached hydrogens (primary N) is 1. The summed E-state index contributed by atoms with van der Waals surface area (Å²) in [6.07, 6.45) is 6.00. The van der Waals surface area contributed by atoms with Crippen LogP contribution in [0.25, 0.3) is 0 Å². The second kappa shape index (κ2) is 7.06. The highest BCUT2D eigenvalue weighted by atomic mass is 32.2. The summed E-state index contributed by atoms with van der Waals surface area (Å²) in [6.45, 7) is 2.50. The molecule has 0 radical (unpaired) electrons. The summed E-state index contributed by atoms with van der Waals surface area (Å²) in [5.74, 6) is 0.236. The molecule has 7 nitrogen and oxygen atoms in total. The maximum Gasteiger partial charge on any atom is 0.244 e. The molecule has 2 aliphatic heterocycles. The number of pyridine rings is 1. The number of piperidine rings is 2. The van der Waals surface area contributed by atoms with E-state index in [4.69, 9.17) is 5.73 Å². The highest BCUT2D eigenvalue weighted by molar-refractivity contribution is 7.89. The van der Waals surface area contributed by atoms with Crippen LogP contribution in [0, 0.1) is 5.92 Å². The number of anilines is 1. The lowest BCUT2D eigenvalue weighted by Gasteiger charge is -2.32. The summed E-state index contributed by atoms with van der Waals surface area (Å²) in [6, 6.07) is 3.33. The predicted molar refractivity (Wildman–Crippen MR) is 91.0 cm³/mol. The van der Waals surface area contributed by atoms with Crippen molar-refractivity contribution in [3.05, 3.63) is 18.3 Å². The number of nitrogens with zero attached hydrogens (tertiary/aromatic N) is 3. The molecule has 24 heavy (non-hydrogen) atoms. The van der Waals surface area contributed by atoms with Crippen LogP contribution in [-0.4, -0.2) is 49.8 Å². The predicted octanol–water partition coefficient (Wildman–Crippen LogP) is 0.958. The lowest BCUT2D eigenvalue weighted by atomic mass is 9.97. The van der Waals surface area contributed by atoms with Gasteiger partial charge in [-0.05, 0) is 37.8 Å². The molecule has 3 heterocycles. The quantitative estimate of drug-likeness (QED) is 0.870. The normalized spacial score (nSPS) is 23.2. The zero-order valence-corrected chi connectivity index (χ0v) is 14.5. The molecule has 0 bridgehead atoms. The summed E-state index contributed by atoms with van der Waals surface area (Å²) < 4.78 is 26.8. The highest BCUT2D eigenvalue weighted by Gasteiger charge is 2.28. The van der Waals surface area contributed by atoms with Crippen LogP contribution < -0.4 is 10.6 Å². The molecule has 2 aliphatic rings. The van der Waals surface area contributed by atoms with Gasteiger partial charge in [0.05, 0.1) is 5.92 Å². The van der Waals surface area contributed by atoms with Crippen molar-refractivity contribution in [2.24, 2.45) is 11.7 Å². The summed E-state index contributed by atoms with van der Waals surface area (Å²) in [4.78, 5) is 17.9. The Balaban J connectivity index is 1.74. The van der Waals surface area contributed by atoms with Crippen molar-refractivity contribution in [2.45, 2.75) is 37.0 Å². The molecule has 0 spiro atoms. The first-order valence-electron chi connectivity index (χ1n) is 8.49. The van der Waals surface area contributed by atoms with Gasteiger partial charge in [0.25, 0.3) is 0 Å². The maximum absolute atomic E-state index is 12.6.